The van der Waals surface area contributed by atoms with Gasteiger partial charge in [0.05, 0.1) is 0 Å². The number of hydrogen-bond acceptors (Lipinski definition) is 1. The topological polar surface area (TPSA) is 12.0 Å². The van der Waals surface area contributed by atoms with Gasteiger partial charge in [0.25, 0.3) is 0 Å². The van der Waals surface area contributed by atoms with E-state index in [-0.39, 0.29) is 6.04 Å². The standard InChI is InChI=1S/C16H25F2N/c1-5-7-11(3)16(19-8-6-2)13-9-12(4)14(17)10-15(13)18/h9-11,16,19H,5-8H2,1-4H3. The van der Waals surface area contributed by atoms with Crippen LogP contribution in [0.25, 0.3) is 0 Å². The maximum absolute atomic E-state index is 14.0. The van der Waals surface area contributed by atoms with Crippen LogP contribution in [0, 0.1) is 24.5 Å². The lowest BCUT2D eigenvalue weighted by molar-refractivity contribution is 0.352. The molecule has 2 unspecified atom stereocenters. The van der Waals surface area contributed by atoms with Gasteiger partial charge in [-0.1, -0.05) is 27.2 Å². The summed E-state index contributed by atoms with van der Waals surface area (Å²) in [5.41, 5.74) is 1.09. The van der Waals surface area contributed by atoms with Crippen LogP contribution in [-0.2, 0) is 0 Å². The van der Waals surface area contributed by atoms with Gasteiger partial charge in [0.2, 0.25) is 0 Å². The second-order valence-electron chi connectivity index (χ2n) is 5.32. The first-order valence-electron chi connectivity index (χ1n) is 7.20. The molecular formula is C16H25F2N. The zero-order valence-corrected chi connectivity index (χ0v) is 12.4. The molecule has 0 heterocycles. The van der Waals surface area contributed by atoms with E-state index in [4.69, 9.17) is 0 Å². The monoisotopic (exact) mass is 269 g/mol. The molecule has 0 spiro atoms. The van der Waals surface area contributed by atoms with Crippen molar-refractivity contribution in [3.05, 3.63) is 34.9 Å². The minimum Gasteiger partial charge on any atom is -0.310 e. The Balaban J connectivity index is 3.05. The van der Waals surface area contributed by atoms with Crippen molar-refractivity contribution < 1.29 is 8.78 Å². The average molecular weight is 269 g/mol. The average Bonchev–Trinajstić information content (AvgIpc) is 2.36. The molecule has 2 atom stereocenters. The maximum atomic E-state index is 14.0. The highest BCUT2D eigenvalue weighted by molar-refractivity contribution is 5.28. The fraction of sp³-hybridized carbons (Fsp3) is 0.625. The van der Waals surface area contributed by atoms with Crippen LogP contribution in [0.1, 0.15) is 57.2 Å². The molecule has 1 N–H and O–H groups in total. The molecule has 1 rings (SSSR count). The van der Waals surface area contributed by atoms with Crippen LogP contribution in [0.3, 0.4) is 0 Å². The van der Waals surface area contributed by atoms with Crippen molar-refractivity contribution in [2.75, 3.05) is 6.54 Å². The highest BCUT2D eigenvalue weighted by Crippen LogP contribution is 2.29. The van der Waals surface area contributed by atoms with E-state index in [0.717, 1.165) is 31.9 Å². The Labute approximate surface area is 115 Å². The van der Waals surface area contributed by atoms with Gasteiger partial charge in [0, 0.05) is 17.7 Å². The molecule has 0 bridgehead atoms. The summed E-state index contributed by atoms with van der Waals surface area (Å²) < 4.78 is 27.4. The van der Waals surface area contributed by atoms with Crippen molar-refractivity contribution in [2.24, 2.45) is 5.92 Å². The van der Waals surface area contributed by atoms with Crippen LogP contribution in [0.2, 0.25) is 0 Å². The number of nitrogens with one attached hydrogen (secondary N) is 1. The Morgan fingerprint density at radius 2 is 1.79 bits per heavy atom. The molecule has 0 aromatic heterocycles. The minimum absolute atomic E-state index is 0.0424. The van der Waals surface area contributed by atoms with Gasteiger partial charge in [0.1, 0.15) is 11.6 Å². The second-order valence-corrected chi connectivity index (χ2v) is 5.32. The minimum atomic E-state index is -0.473. The van der Waals surface area contributed by atoms with E-state index in [1.54, 1.807) is 13.0 Å². The number of hydrogen-bond donors (Lipinski definition) is 1. The van der Waals surface area contributed by atoms with Gasteiger partial charge < -0.3 is 5.32 Å². The fourth-order valence-electron chi connectivity index (χ4n) is 2.46. The molecule has 0 amide bonds. The molecule has 1 nitrogen and oxygen atoms in total. The van der Waals surface area contributed by atoms with E-state index in [1.165, 1.54) is 0 Å². The molecule has 3 heteroatoms. The summed E-state index contributed by atoms with van der Waals surface area (Å²) in [4.78, 5) is 0. The smallest absolute Gasteiger partial charge is 0.130 e. The third-order valence-electron chi connectivity index (χ3n) is 3.54. The highest BCUT2D eigenvalue weighted by Gasteiger charge is 2.22. The predicted molar refractivity (Wildman–Crippen MR) is 76.2 cm³/mol. The van der Waals surface area contributed by atoms with Crippen molar-refractivity contribution in [3.8, 4) is 0 Å². The van der Waals surface area contributed by atoms with Gasteiger partial charge in [-0.15, -0.1) is 0 Å². The Morgan fingerprint density at radius 1 is 1.11 bits per heavy atom. The van der Waals surface area contributed by atoms with Gasteiger partial charge in [-0.05, 0) is 43.9 Å². The first kappa shape index (κ1) is 16.1. The van der Waals surface area contributed by atoms with Crippen molar-refractivity contribution >= 4 is 0 Å². The first-order valence-corrected chi connectivity index (χ1v) is 7.20. The number of rotatable bonds is 7. The van der Waals surface area contributed by atoms with Gasteiger partial charge in [-0.3, -0.25) is 0 Å². The van der Waals surface area contributed by atoms with Crippen LogP contribution < -0.4 is 5.32 Å². The Kier molecular flexibility index (Phi) is 6.43. The van der Waals surface area contributed by atoms with E-state index in [9.17, 15) is 8.78 Å². The van der Waals surface area contributed by atoms with E-state index >= 15 is 0 Å². The second kappa shape index (κ2) is 7.59. The van der Waals surface area contributed by atoms with Crippen LogP contribution in [0.4, 0.5) is 8.78 Å². The lowest BCUT2D eigenvalue weighted by Gasteiger charge is -2.26. The lowest BCUT2D eigenvalue weighted by atomic mass is 9.89. The summed E-state index contributed by atoms with van der Waals surface area (Å²) in [6.07, 6.45) is 3.08. The zero-order chi connectivity index (χ0) is 14.4. The lowest BCUT2D eigenvalue weighted by Crippen LogP contribution is -2.28. The molecule has 0 aliphatic rings. The Hall–Kier alpha value is -0.960. The molecule has 19 heavy (non-hydrogen) atoms. The number of aryl methyl sites for hydroxylation is 1. The SMILES string of the molecule is CCCNC(c1cc(C)c(F)cc1F)C(C)CCC. The van der Waals surface area contributed by atoms with E-state index in [1.807, 2.05) is 0 Å². The molecule has 0 fully saturated rings. The maximum Gasteiger partial charge on any atom is 0.130 e. The molecule has 0 radical (unpaired) electrons. The summed E-state index contributed by atoms with van der Waals surface area (Å²) in [5.74, 6) is -0.589. The van der Waals surface area contributed by atoms with Gasteiger partial charge in [-0.2, -0.15) is 0 Å². The summed E-state index contributed by atoms with van der Waals surface area (Å²) >= 11 is 0. The summed E-state index contributed by atoms with van der Waals surface area (Å²) in [6.45, 7) is 8.85. The van der Waals surface area contributed by atoms with Crippen molar-refractivity contribution in [1.82, 2.24) is 5.32 Å². The molecule has 0 saturated carbocycles. The Bertz CT molecular complexity index is 404. The number of benzene rings is 1. The third-order valence-corrected chi connectivity index (χ3v) is 3.54. The summed E-state index contributed by atoms with van der Waals surface area (Å²) in [7, 11) is 0. The third kappa shape index (κ3) is 4.27. The van der Waals surface area contributed by atoms with Gasteiger partial charge >= 0.3 is 0 Å². The van der Waals surface area contributed by atoms with Crippen molar-refractivity contribution in [3.63, 3.8) is 0 Å². The van der Waals surface area contributed by atoms with Crippen LogP contribution in [0.15, 0.2) is 12.1 Å². The van der Waals surface area contributed by atoms with Crippen molar-refractivity contribution in [2.45, 2.75) is 53.0 Å². The largest absolute Gasteiger partial charge is 0.310 e. The zero-order valence-electron chi connectivity index (χ0n) is 12.4. The normalized spacial score (nSPS) is 14.4. The van der Waals surface area contributed by atoms with E-state index in [0.29, 0.717) is 17.0 Å². The molecule has 1 aromatic rings. The first-order chi connectivity index (χ1) is 9.01. The molecule has 0 saturated heterocycles. The Morgan fingerprint density at radius 3 is 2.37 bits per heavy atom. The molecule has 0 aliphatic carbocycles. The van der Waals surface area contributed by atoms with Crippen molar-refractivity contribution in [1.29, 1.82) is 0 Å². The predicted octanol–water partition coefficient (Wildman–Crippen LogP) is 4.75. The summed E-state index contributed by atoms with van der Waals surface area (Å²) in [5, 5.41) is 3.40. The number of halogens is 2. The van der Waals surface area contributed by atoms with Gasteiger partial charge in [0.15, 0.2) is 0 Å². The molecule has 1 aromatic carbocycles. The quantitative estimate of drug-likeness (QED) is 0.753. The van der Waals surface area contributed by atoms with Crippen LogP contribution in [0.5, 0.6) is 0 Å². The van der Waals surface area contributed by atoms with Crippen LogP contribution >= 0.6 is 0 Å². The fourth-order valence-corrected chi connectivity index (χ4v) is 2.46. The van der Waals surface area contributed by atoms with E-state index < -0.39 is 11.6 Å². The molecule has 0 aliphatic heterocycles. The van der Waals surface area contributed by atoms with Gasteiger partial charge in [-0.25, -0.2) is 8.78 Å². The molecular weight excluding hydrogens is 244 g/mol. The van der Waals surface area contributed by atoms with Crippen LogP contribution in [-0.4, -0.2) is 6.54 Å². The highest BCUT2D eigenvalue weighted by atomic mass is 19.1. The summed E-state index contributed by atoms with van der Waals surface area (Å²) in [6, 6.07) is 2.60. The molecule has 108 valence electrons. The van der Waals surface area contributed by atoms with E-state index in [2.05, 4.69) is 26.1 Å².